The number of para-hydroxylation sites is 2. The molecule has 12 rings (SSSR count). The second-order valence-electron chi connectivity index (χ2n) is 15.2. The third-order valence-electron chi connectivity index (χ3n) is 11.6. The highest BCUT2D eigenvalue weighted by atomic mass is 16.3. The van der Waals surface area contributed by atoms with Crippen molar-refractivity contribution in [2.75, 3.05) is 0 Å². The quantitative estimate of drug-likeness (QED) is 0.169. The number of rotatable bonds is 6. The number of hydrogen-bond donors (Lipinski definition) is 0. The molecule has 280 valence electrons. The fourth-order valence-corrected chi connectivity index (χ4v) is 8.55. The van der Waals surface area contributed by atoms with E-state index in [-0.39, 0.29) is 0 Å². The summed E-state index contributed by atoms with van der Waals surface area (Å²) in [5.74, 6) is 0.662. The Labute approximate surface area is 344 Å². The van der Waals surface area contributed by atoms with Gasteiger partial charge in [0, 0.05) is 61.6 Å². The standard InChI is InChI=1S/C55H33N3O2/c1-2-10-36(11-3-1)55-57-49(35-20-18-34(19-21-35)48-33-56-32-39-12-4-5-13-43(39)48)31-50(58-55)42-27-40(37-22-24-53-46(29-37)44-14-6-8-16-51(44)59-53)26-41(28-42)38-23-25-54-47(30-38)45-15-7-9-17-52(45)60-54/h1-33H. The van der Waals surface area contributed by atoms with Crippen LogP contribution in [0.4, 0.5) is 0 Å². The zero-order valence-corrected chi connectivity index (χ0v) is 32.2. The normalized spacial score (nSPS) is 11.7. The number of furan rings is 2. The van der Waals surface area contributed by atoms with Crippen LogP contribution < -0.4 is 0 Å². The van der Waals surface area contributed by atoms with Gasteiger partial charge in [-0.05, 0) is 93.9 Å². The number of aromatic nitrogens is 3. The van der Waals surface area contributed by atoms with Crippen molar-refractivity contribution in [1.29, 1.82) is 0 Å². The van der Waals surface area contributed by atoms with Crippen LogP contribution in [0.15, 0.2) is 209 Å². The maximum atomic E-state index is 6.23. The molecule has 0 radical (unpaired) electrons. The van der Waals surface area contributed by atoms with Gasteiger partial charge in [-0.1, -0.05) is 127 Å². The van der Waals surface area contributed by atoms with Crippen molar-refractivity contribution in [1.82, 2.24) is 15.0 Å². The second-order valence-corrected chi connectivity index (χ2v) is 15.2. The van der Waals surface area contributed by atoms with Crippen molar-refractivity contribution >= 4 is 54.6 Å². The summed E-state index contributed by atoms with van der Waals surface area (Å²) >= 11 is 0. The lowest BCUT2D eigenvalue weighted by Crippen LogP contribution is -1.96. The molecular weight excluding hydrogens is 735 g/mol. The van der Waals surface area contributed by atoms with E-state index >= 15 is 0 Å². The van der Waals surface area contributed by atoms with Gasteiger partial charge in [-0.25, -0.2) is 9.97 Å². The molecule has 0 fully saturated rings. The number of benzene rings is 8. The Bertz CT molecular complexity index is 3470. The monoisotopic (exact) mass is 767 g/mol. The second kappa shape index (κ2) is 13.8. The van der Waals surface area contributed by atoms with Gasteiger partial charge in [-0.2, -0.15) is 0 Å². The highest BCUT2D eigenvalue weighted by Gasteiger charge is 2.17. The van der Waals surface area contributed by atoms with Gasteiger partial charge in [-0.3, -0.25) is 4.98 Å². The molecule has 4 aromatic heterocycles. The van der Waals surface area contributed by atoms with E-state index in [0.717, 1.165) is 111 Å². The largest absolute Gasteiger partial charge is 0.456 e. The van der Waals surface area contributed by atoms with Gasteiger partial charge in [0.05, 0.1) is 11.4 Å². The Balaban J connectivity index is 1.04. The van der Waals surface area contributed by atoms with Crippen LogP contribution in [-0.4, -0.2) is 15.0 Å². The Morgan fingerprint density at radius 1 is 0.300 bits per heavy atom. The summed E-state index contributed by atoms with van der Waals surface area (Å²) in [5.41, 5.74) is 14.6. The van der Waals surface area contributed by atoms with E-state index < -0.39 is 0 Å². The first-order chi connectivity index (χ1) is 29.7. The highest BCUT2D eigenvalue weighted by Crippen LogP contribution is 2.39. The van der Waals surface area contributed by atoms with Crippen LogP contribution in [0.5, 0.6) is 0 Å². The fraction of sp³-hybridized carbons (Fsp3) is 0. The highest BCUT2D eigenvalue weighted by molar-refractivity contribution is 6.08. The molecule has 0 aliphatic rings. The predicted octanol–water partition coefficient (Wildman–Crippen LogP) is 14.8. The molecule has 5 heteroatoms. The first-order valence-electron chi connectivity index (χ1n) is 20.1. The topological polar surface area (TPSA) is 65.0 Å². The molecule has 4 heterocycles. The first-order valence-corrected chi connectivity index (χ1v) is 20.1. The first kappa shape index (κ1) is 33.9. The van der Waals surface area contributed by atoms with Crippen LogP contribution in [0.1, 0.15) is 0 Å². The molecule has 0 bridgehead atoms. The molecule has 60 heavy (non-hydrogen) atoms. The van der Waals surface area contributed by atoms with Crippen molar-refractivity contribution in [3.8, 4) is 67.3 Å². The molecule has 8 aromatic carbocycles. The Morgan fingerprint density at radius 3 is 1.45 bits per heavy atom. The zero-order valence-electron chi connectivity index (χ0n) is 32.2. The molecule has 0 aliphatic carbocycles. The lowest BCUT2D eigenvalue weighted by atomic mass is 9.93. The van der Waals surface area contributed by atoms with E-state index in [1.807, 2.05) is 60.9 Å². The maximum Gasteiger partial charge on any atom is 0.160 e. The zero-order chi connectivity index (χ0) is 39.6. The van der Waals surface area contributed by atoms with Gasteiger partial charge in [-0.15, -0.1) is 0 Å². The van der Waals surface area contributed by atoms with Crippen molar-refractivity contribution in [2.45, 2.75) is 0 Å². The number of fused-ring (bicyclic) bond motifs is 7. The third-order valence-corrected chi connectivity index (χ3v) is 11.6. The van der Waals surface area contributed by atoms with Crippen LogP contribution in [-0.2, 0) is 0 Å². The molecule has 12 aromatic rings. The summed E-state index contributed by atoms with van der Waals surface area (Å²) in [6, 6.07) is 65.4. The van der Waals surface area contributed by atoms with E-state index in [4.69, 9.17) is 18.8 Å². The Morgan fingerprint density at radius 2 is 0.800 bits per heavy atom. The van der Waals surface area contributed by atoms with E-state index in [0.29, 0.717) is 5.82 Å². The van der Waals surface area contributed by atoms with E-state index in [1.165, 1.54) is 5.39 Å². The lowest BCUT2D eigenvalue weighted by molar-refractivity contribution is 0.668. The van der Waals surface area contributed by atoms with E-state index in [9.17, 15) is 0 Å². The van der Waals surface area contributed by atoms with Gasteiger partial charge in [0.2, 0.25) is 0 Å². The van der Waals surface area contributed by atoms with Gasteiger partial charge in [0.1, 0.15) is 22.3 Å². The lowest BCUT2D eigenvalue weighted by Gasteiger charge is -2.14. The van der Waals surface area contributed by atoms with Crippen molar-refractivity contribution in [2.24, 2.45) is 0 Å². The van der Waals surface area contributed by atoms with Crippen LogP contribution in [0.25, 0.3) is 122 Å². The van der Waals surface area contributed by atoms with Crippen molar-refractivity contribution < 1.29 is 8.83 Å². The Kier molecular flexibility index (Phi) is 7.78. The molecular formula is C55H33N3O2. The molecule has 0 saturated carbocycles. The molecule has 0 amide bonds. The van der Waals surface area contributed by atoms with Crippen LogP contribution in [0.3, 0.4) is 0 Å². The molecule has 0 N–H and O–H groups in total. The summed E-state index contributed by atoms with van der Waals surface area (Å²) in [6.45, 7) is 0. The summed E-state index contributed by atoms with van der Waals surface area (Å²) in [5, 5.41) is 6.65. The van der Waals surface area contributed by atoms with Crippen LogP contribution in [0, 0.1) is 0 Å². The molecule has 5 nitrogen and oxygen atoms in total. The molecule has 0 saturated heterocycles. The maximum absolute atomic E-state index is 6.23. The number of pyridine rings is 1. The number of nitrogens with zero attached hydrogens (tertiary/aromatic N) is 3. The van der Waals surface area contributed by atoms with Gasteiger partial charge in [0.15, 0.2) is 5.82 Å². The number of hydrogen-bond acceptors (Lipinski definition) is 5. The van der Waals surface area contributed by atoms with Gasteiger partial charge < -0.3 is 8.83 Å². The van der Waals surface area contributed by atoms with E-state index in [2.05, 4.69) is 145 Å². The van der Waals surface area contributed by atoms with Crippen molar-refractivity contribution in [3.63, 3.8) is 0 Å². The summed E-state index contributed by atoms with van der Waals surface area (Å²) in [6.07, 6.45) is 3.86. The van der Waals surface area contributed by atoms with Crippen molar-refractivity contribution in [3.05, 3.63) is 200 Å². The van der Waals surface area contributed by atoms with E-state index in [1.54, 1.807) is 0 Å². The molecule has 0 spiro atoms. The molecule has 0 unspecified atom stereocenters. The predicted molar refractivity (Wildman–Crippen MR) is 245 cm³/mol. The minimum Gasteiger partial charge on any atom is -0.456 e. The summed E-state index contributed by atoms with van der Waals surface area (Å²) < 4.78 is 12.5. The SMILES string of the molecule is c1ccc(-c2nc(-c3ccc(-c4cncc5ccccc45)cc3)cc(-c3cc(-c4ccc5oc6ccccc6c5c4)cc(-c4ccc5oc6ccccc6c5c4)c3)n2)cc1. The Hall–Kier alpha value is -8.15. The minimum atomic E-state index is 0.662. The molecule has 0 atom stereocenters. The van der Waals surface area contributed by atoms with Crippen LogP contribution in [0.2, 0.25) is 0 Å². The summed E-state index contributed by atoms with van der Waals surface area (Å²) in [4.78, 5) is 15.0. The average Bonchev–Trinajstić information content (AvgIpc) is 3.89. The molecule has 0 aliphatic heterocycles. The fourth-order valence-electron chi connectivity index (χ4n) is 8.55. The van der Waals surface area contributed by atoms with Crippen LogP contribution >= 0.6 is 0 Å². The van der Waals surface area contributed by atoms with Gasteiger partial charge in [0.25, 0.3) is 0 Å². The summed E-state index contributed by atoms with van der Waals surface area (Å²) in [7, 11) is 0. The third kappa shape index (κ3) is 5.83. The minimum absolute atomic E-state index is 0.662. The smallest absolute Gasteiger partial charge is 0.160 e. The average molecular weight is 768 g/mol. The van der Waals surface area contributed by atoms with Gasteiger partial charge >= 0.3 is 0 Å².